The van der Waals surface area contributed by atoms with E-state index in [4.69, 9.17) is 28.2 Å². The molecule has 1 aliphatic rings. The van der Waals surface area contributed by atoms with E-state index < -0.39 is 0 Å². The second kappa shape index (κ2) is 11.4. The van der Waals surface area contributed by atoms with Gasteiger partial charge < -0.3 is 14.7 Å². The molecule has 1 amide bonds. The molecule has 3 aromatic rings. The minimum atomic E-state index is 0.183. The van der Waals surface area contributed by atoms with Gasteiger partial charge in [-0.25, -0.2) is 4.98 Å². The van der Waals surface area contributed by atoms with Crippen LogP contribution in [0.4, 0.5) is 10.8 Å². The number of nitrogens with zero attached hydrogens (tertiary/aromatic N) is 5. The molecular weight excluding hydrogens is 489 g/mol. The standard InChI is InChI=1S/C25H29Cl2N5OS/c1-18(2)32(25-28-23(29-34-25)16-19-6-8-20(26)9-7-19)11-10-24(33)31-14-12-30(13-15-31)22-5-3-4-21(27)17-22/h3-9,17-18H,10-16H2,1-2H3. The molecule has 1 aromatic heterocycles. The van der Waals surface area contributed by atoms with Crippen molar-refractivity contribution in [2.75, 3.05) is 42.5 Å². The van der Waals surface area contributed by atoms with Crippen LogP contribution in [0, 0.1) is 0 Å². The molecule has 0 unspecified atom stereocenters. The number of benzene rings is 2. The van der Waals surface area contributed by atoms with Gasteiger partial charge in [-0.05, 0) is 49.7 Å². The molecule has 0 bridgehead atoms. The predicted molar refractivity (Wildman–Crippen MR) is 142 cm³/mol. The first-order chi connectivity index (χ1) is 16.4. The van der Waals surface area contributed by atoms with Crippen LogP contribution >= 0.6 is 34.7 Å². The molecule has 0 spiro atoms. The van der Waals surface area contributed by atoms with Crippen molar-refractivity contribution in [1.29, 1.82) is 0 Å². The average molecular weight is 519 g/mol. The maximum absolute atomic E-state index is 12.9. The van der Waals surface area contributed by atoms with Gasteiger partial charge in [-0.2, -0.15) is 4.37 Å². The van der Waals surface area contributed by atoms with Gasteiger partial charge in [0.05, 0.1) is 0 Å². The Labute approximate surface area is 215 Å². The first-order valence-electron chi connectivity index (χ1n) is 11.5. The summed E-state index contributed by atoms with van der Waals surface area (Å²) < 4.78 is 4.54. The molecule has 4 rings (SSSR count). The lowest BCUT2D eigenvalue weighted by Crippen LogP contribution is -2.49. The number of hydrogen-bond donors (Lipinski definition) is 0. The summed E-state index contributed by atoms with van der Waals surface area (Å²) in [6.07, 6.45) is 1.12. The third-order valence-corrected chi connectivity index (χ3v) is 7.25. The van der Waals surface area contributed by atoms with Gasteiger partial charge in [0.25, 0.3) is 0 Å². The number of piperazine rings is 1. The van der Waals surface area contributed by atoms with Gasteiger partial charge in [0.15, 0.2) is 0 Å². The molecule has 2 aromatic carbocycles. The van der Waals surface area contributed by atoms with Crippen LogP contribution in [0.15, 0.2) is 48.5 Å². The monoisotopic (exact) mass is 517 g/mol. The number of aromatic nitrogens is 2. The quantitative estimate of drug-likeness (QED) is 0.400. The molecule has 0 saturated carbocycles. The van der Waals surface area contributed by atoms with Crippen molar-refractivity contribution in [2.24, 2.45) is 0 Å². The first-order valence-corrected chi connectivity index (χ1v) is 13.0. The van der Waals surface area contributed by atoms with E-state index in [0.29, 0.717) is 19.4 Å². The lowest BCUT2D eigenvalue weighted by Gasteiger charge is -2.36. The van der Waals surface area contributed by atoms with Crippen molar-refractivity contribution in [3.8, 4) is 0 Å². The fraction of sp³-hybridized carbons (Fsp3) is 0.400. The summed E-state index contributed by atoms with van der Waals surface area (Å²) >= 11 is 13.5. The maximum Gasteiger partial charge on any atom is 0.224 e. The molecule has 1 fully saturated rings. The smallest absolute Gasteiger partial charge is 0.224 e. The van der Waals surface area contributed by atoms with E-state index in [-0.39, 0.29) is 11.9 Å². The Morgan fingerprint density at radius 2 is 1.79 bits per heavy atom. The third kappa shape index (κ3) is 6.40. The summed E-state index contributed by atoms with van der Waals surface area (Å²) in [6.45, 7) is 7.92. The summed E-state index contributed by atoms with van der Waals surface area (Å²) in [5.41, 5.74) is 2.23. The molecule has 0 N–H and O–H groups in total. The molecule has 9 heteroatoms. The van der Waals surface area contributed by atoms with Gasteiger partial charge >= 0.3 is 0 Å². The van der Waals surface area contributed by atoms with Crippen LogP contribution in [0.25, 0.3) is 0 Å². The maximum atomic E-state index is 12.9. The van der Waals surface area contributed by atoms with Gasteiger partial charge in [-0.15, -0.1) is 0 Å². The molecule has 6 nitrogen and oxygen atoms in total. The van der Waals surface area contributed by atoms with Gasteiger partial charge in [0, 0.05) is 78.9 Å². The van der Waals surface area contributed by atoms with Crippen LogP contribution < -0.4 is 9.80 Å². The Balaban J connectivity index is 1.30. The number of carbonyl (C=O) groups excluding carboxylic acids is 1. The normalized spacial score (nSPS) is 14.0. The van der Waals surface area contributed by atoms with E-state index in [1.165, 1.54) is 11.5 Å². The number of halogens is 2. The number of hydrogen-bond acceptors (Lipinski definition) is 6. The van der Waals surface area contributed by atoms with E-state index in [2.05, 4.69) is 34.1 Å². The van der Waals surface area contributed by atoms with E-state index in [0.717, 1.165) is 58.4 Å². The number of carbonyl (C=O) groups is 1. The minimum Gasteiger partial charge on any atom is -0.368 e. The Morgan fingerprint density at radius 3 is 2.47 bits per heavy atom. The number of amides is 1. The Morgan fingerprint density at radius 1 is 1.06 bits per heavy atom. The molecule has 1 aliphatic heterocycles. The van der Waals surface area contributed by atoms with Crippen molar-refractivity contribution in [3.63, 3.8) is 0 Å². The van der Waals surface area contributed by atoms with Crippen molar-refractivity contribution in [1.82, 2.24) is 14.3 Å². The predicted octanol–water partition coefficient (Wildman–Crippen LogP) is 5.39. The number of anilines is 2. The summed E-state index contributed by atoms with van der Waals surface area (Å²) in [5.74, 6) is 0.971. The SMILES string of the molecule is CC(C)N(CCC(=O)N1CCN(c2cccc(Cl)c2)CC1)c1nc(Cc2ccc(Cl)cc2)ns1. The Bertz CT molecular complexity index is 1100. The highest BCUT2D eigenvalue weighted by Gasteiger charge is 2.23. The Hall–Kier alpha value is -2.35. The van der Waals surface area contributed by atoms with Crippen LogP contribution in [0.1, 0.15) is 31.7 Å². The highest BCUT2D eigenvalue weighted by atomic mass is 35.5. The summed E-state index contributed by atoms with van der Waals surface area (Å²) in [4.78, 5) is 24.1. The van der Waals surface area contributed by atoms with E-state index in [9.17, 15) is 4.79 Å². The molecule has 0 aliphatic carbocycles. The summed E-state index contributed by atoms with van der Waals surface area (Å²) in [6, 6.07) is 15.9. The summed E-state index contributed by atoms with van der Waals surface area (Å²) in [5, 5.41) is 2.31. The van der Waals surface area contributed by atoms with Gasteiger partial charge in [0.1, 0.15) is 5.82 Å². The van der Waals surface area contributed by atoms with Crippen LogP contribution in [-0.2, 0) is 11.2 Å². The number of rotatable bonds is 8. The second-order valence-corrected chi connectivity index (χ2v) is 10.3. The molecule has 34 heavy (non-hydrogen) atoms. The zero-order valence-electron chi connectivity index (χ0n) is 19.5. The largest absolute Gasteiger partial charge is 0.368 e. The highest BCUT2D eigenvalue weighted by molar-refractivity contribution is 7.09. The van der Waals surface area contributed by atoms with Crippen molar-refractivity contribution in [3.05, 3.63) is 70.0 Å². The van der Waals surface area contributed by atoms with Crippen LogP contribution in [0.3, 0.4) is 0 Å². The second-order valence-electron chi connectivity index (χ2n) is 8.68. The van der Waals surface area contributed by atoms with Crippen LogP contribution in [0.5, 0.6) is 0 Å². The Kier molecular flexibility index (Phi) is 8.29. The van der Waals surface area contributed by atoms with Crippen molar-refractivity contribution >= 4 is 51.5 Å². The van der Waals surface area contributed by atoms with E-state index in [1.54, 1.807) is 0 Å². The molecular formula is C25H29Cl2N5OS. The first kappa shape index (κ1) is 24.8. The highest BCUT2D eigenvalue weighted by Crippen LogP contribution is 2.23. The molecule has 0 radical (unpaired) electrons. The molecule has 1 saturated heterocycles. The van der Waals surface area contributed by atoms with Crippen molar-refractivity contribution < 1.29 is 4.79 Å². The zero-order valence-corrected chi connectivity index (χ0v) is 21.8. The topological polar surface area (TPSA) is 52.6 Å². The minimum absolute atomic E-state index is 0.183. The van der Waals surface area contributed by atoms with E-state index >= 15 is 0 Å². The van der Waals surface area contributed by atoms with Gasteiger partial charge in [-0.3, -0.25) is 4.79 Å². The van der Waals surface area contributed by atoms with Gasteiger partial charge in [0.2, 0.25) is 11.0 Å². The lowest BCUT2D eigenvalue weighted by molar-refractivity contribution is -0.131. The average Bonchev–Trinajstić information content (AvgIpc) is 3.28. The van der Waals surface area contributed by atoms with Gasteiger partial charge in [-0.1, -0.05) is 41.4 Å². The van der Waals surface area contributed by atoms with Crippen LogP contribution in [-0.4, -0.2) is 58.9 Å². The fourth-order valence-electron chi connectivity index (χ4n) is 4.05. The summed E-state index contributed by atoms with van der Waals surface area (Å²) in [7, 11) is 0. The third-order valence-electron chi connectivity index (χ3n) is 5.97. The molecule has 180 valence electrons. The van der Waals surface area contributed by atoms with E-state index in [1.807, 2.05) is 47.4 Å². The lowest BCUT2D eigenvalue weighted by atomic mass is 10.1. The molecule has 2 heterocycles. The zero-order chi connectivity index (χ0) is 24.1. The molecule has 0 atom stereocenters. The fourth-order valence-corrected chi connectivity index (χ4v) is 5.21. The van der Waals surface area contributed by atoms with Crippen LogP contribution in [0.2, 0.25) is 10.0 Å². The van der Waals surface area contributed by atoms with Crippen molar-refractivity contribution in [2.45, 2.75) is 32.7 Å².